The summed E-state index contributed by atoms with van der Waals surface area (Å²) in [4.78, 5) is 14.3. The van der Waals surface area contributed by atoms with Gasteiger partial charge < -0.3 is 15.3 Å². The van der Waals surface area contributed by atoms with Crippen molar-refractivity contribution in [2.75, 3.05) is 0 Å². The van der Waals surface area contributed by atoms with Crippen LogP contribution in [0.5, 0.6) is 5.75 Å². The standard InChI is InChI=1S/C11H15NO4/c1-7-11(16)9(6-13)8(5-12-7)3-2-4-10(14)15/h5,13,16H,2-4,6H2,1H3,(H,14,15). The van der Waals surface area contributed by atoms with E-state index in [4.69, 9.17) is 10.2 Å². The summed E-state index contributed by atoms with van der Waals surface area (Å²) >= 11 is 0. The third-order valence-corrected chi connectivity index (χ3v) is 2.43. The average molecular weight is 225 g/mol. The Balaban J connectivity index is 2.79. The Labute approximate surface area is 93.4 Å². The van der Waals surface area contributed by atoms with Crippen LogP contribution in [0.2, 0.25) is 0 Å². The topological polar surface area (TPSA) is 90.7 Å². The van der Waals surface area contributed by atoms with E-state index in [1.807, 2.05) is 0 Å². The summed E-state index contributed by atoms with van der Waals surface area (Å²) in [7, 11) is 0. The fraction of sp³-hybridized carbons (Fsp3) is 0.455. The first-order valence-corrected chi connectivity index (χ1v) is 5.05. The van der Waals surface area contributed by atoms with E-state index >= 15 is 0 Å². The number of carboxylic acid groups (broad SMARTS) is 1. The Morgan fingerprint density at radius 3 is 2.75 bits per heavy atom. The Morgan fingerprint density at radius 2 is 2.19 bits per heavy atom. The molecule has 0 aliphatic heterocycles. The molecule has 0 unspecified atom stereocenters. The molecule has 0 aliphatic rings. The maximum Gasteiger partial charge on any atom is 0.303 e. The second-order valence-corrected chi connectivity index (χ2v) is 3.60. The molecule has 3 N–H and O–H groups in total. The molecule has 5 nitrogen and oxygen atoms in total. The lowest BCUT2D eigenvalue weighted by Gasteiger charge is -2.10. The number of aromatic nitrogens is 1. The Bertz CT molecular complexity index is 390. The Hall–Kier alpha value is -1.62. The predicted molar refractivity (Wildman–Crippen MR) is 57.1 cm³/mol. The molecule has 0 fully saturated rings. The van der Waals surface area contributed by atoms with E-state index in [0.717, 1.165) is 0 Å². The minimum absolute atomic E-state index is 0.00433. The molecular formula is C11H15NO4. The number of pyridine rings is 1. The molecule has 1 aromatic rings. The molecule has 0 aromatic carbocycles. The maximum absolute atomic E-state index is 10.4. The summed E-state index contributed by atoms with van der Waals surface area (Å²) in [5.74, 6) is -0.856. The number of aliphatic carboxylic acids is 1. The lowest BCUT2D eigenvalue weighted by molar-refractivity contribution is -0.137. The zero-order valence-electron chi connectivity index (χ0n) is 9.10. The monoisotopic (exact) mass is 225 g/mol. The predicted octanol–water partition coefficient (Wildman–Crippen LogP) is 0.995. The second kappa shape index (κ2) is 5.46. The van der Waals surface area contributed by atoms with Gasteiger partial charge in [-0.15, -0.1) is 0 Å². The zero-order valence-corrected chi connectivity index (χ0v) is 9.10. The molecule has 0 spiro atoms. The van der Waals surface area contributed by atoms with Gasteiger partial charge in [0.15, 0.2) is 0 Å². The normalized spacial score (nSPS) is 10.4. The highest BCUT2D eigenvalue weighted by Gasteiger charge is 2.10. The number of hydrogen-bond donors (Lipinski definition) is 3. The number of aromatic hydroxyl groups is 1. The summed E-state index contributed by atoms with van der Waals surface area (Å²) in [5.41, 5.74) is 1.61. The number of aliphatic hydroxyl groups is 1. The van der Waals surface area contributed by atoms with Gasteiger partial charge in [0.25, 0.3) is 0 Å². The van der Waals surface area contributed by atoms with Crippen molar-refractivity contribution in [1.29, 1.82) is 0 Å². The average Bonchev–Trinajstić information content (AvgIpc) is 2.23. The summed E-state index contributed by atoms with van der Waals surface area (Å²) in [6.07, 6.45) is 2.59. The SMILES string of the molecule is Cc1ncc(CCCC(=O)O)c(CO)c1O. The highest BCUT2D eigenvalue weighted by atomic mass is 16.4. The molecule has 0 saturated heterocycles. The van der Waals surface area contributed by atoms with E-state index in [9.17, 15) is 9.90 Å². The molecule has 0 radical (unpaired) electrons. The molecule has 0 saturated carbocycles. The van der Waals surface area contributed by atoms with Crippen molar-refractivity contribution >= 4 is 5.97 Å². The van der Waals surface area contributed by atoms with Gasteiger partial charge in [0.1, 0.15) is 5.75 Å². The number of carbonyl (C=O) groups is 1. The van der Waals surface area contributed by atoms with Gasteiger partial charge in [-0.1, -0.05) is 0 Å². The van der Waals surface area contributed by atoms with E-state index in [1.165, 1.54) is 0 Å². The van der Waals surface area contributed by atoms with E-state index in [-0.39, 0.29) is 18.8 Å². The van der Waals surface area contributed by atoms with E-state index in [1.54, 1.807) is 13.1 Å². The van der Waals surface area contributed by atoms with Crippen molar-refractivity contribution in [1.82, 2.24) is 4.98 Å². The van der Waals surface area contributed by atoms with Crippen LogP contribution >= 0.6 is 0 Å². The van der Waals surface area contributed by atoms with Crippen LogP contribution in [0.15, 0.2) is 6.20 Å². The quantitative estimate of drug-likeness (QED) is 0.695. The lowest BCUT2D eigenvalue weighted by atomic mass is 10.0. The number of aliphatic hydroxyl groups excluding tert-OH is 1. The Morgan fingerprint density at radius 1 is 1.50 bits per heavy atom. The van der Waals surface area contributed by atoms with Crippen LogP contribution in [0.1, 0.15) is 29.7 Å². The lowest BCUT2D eigenvalue weighted by Crippen LogP contribution is -2.01. The fourth-order valence-electron chi connectivity index (χ4n) is 1.51. The largest absolute Gasteiger partial charge is 0.506 e. The van der Waals surface area contributed by atoms with Crippen LogP contribution in [0, 0.1) is 6.92 Å². The van der Waals surface area contributed by atoms with Gasteiger partial charge in [0, 0.05) is 18.2 Å². The van der Waals surface area contributed by atoms with Crippen LogP contribution in [0.25, 0.3) is 0 Å². The maximum atomic E-state index is 10.4. The smallest absolute Gasteiger partial charge is 0.303 e. The molecule has 1 aromatic heterocycles. The van der Waals surface area contributed by atoms with Crippen LogP contribution in [-0.2, 0) is 17.8 Å². The molecule has 0 amide bonds. The molecular weight excluding hydrogens is 210 g/mol. The van der Waals surface area contributed by atoms with Gasteiger partial charge >= 0.3 is 5.97 Å². The fourth-order valence-corrected chi connectivity index (χ4v) is 1.51. The third-order valence-electron chi connectivity index (χ3n) is 2.43. The van der Waals surface area contributed by atoms with E-state index in [0.29, 0.717) is 29.7 Å². The number of nitrogens with zero attached hydrogens (tertiary/aromatic N) is 1. The van der Waals surface area contributed by atoms with Crippen molar-refractivity contribution in [3.63, 3.8) is 0 Å². The first-order chi connectivity index (χ1) is 7.56. The van der Waals surface area contributed by atoms with E-state index < -0.39 is 5.97 Å². The Kier molecular flexibility index (Phi) is 4.25. The number of carboxylic acids is 1. The molecule has 0 aliphatic carbocycles. The van der Waals surface area contributed by atoms with Gasteiger partial charge in [-0.05, 0) is 25.3 Å². The molecule has 1 rings (SSSR count). The van der Waals surface area contributed by atoms with Crippen molar-refractivity contribution in [2.45, 2.75) is 32.8 Å². The van der Waals surface area contributed by atoms with Crippen LogP contribution < -0.4 is 0 Å². The minimum Gasteiger partial charge on any atom is -0.506 e. The molecule has 88 valence electrons. The van der Waals surface area contributed by atoms with Gasteiger partial charge in [0.2, 0.25) is 0 Å². The summed E-state index contributed by atoms with van der Waals surface area (Å²) in [5, 5.41) is 27.3. The number of rotatable bonds is 5. The molecule has 5 heteroatoms. The van der Waals surface area contributed by atoms with Crippen molar-refractivity contribution in [3.8, 4) is 5.75 Å². The van der Waals surface area contributed by atoms with Crippen molar-refractivity contribution in [3.05, 3.63) is 23.0 Å². The second-order valence-electron chi connectivity index (χ2n) is 3.60. The van der Waals surface area contributed by atoms with Crippen LogP contribution in [0.3, 0.4) is 0 Å². The van der Waals surface area contributed by atoms with Gasteiger partial charge in [-0.2, -0.15) is 0 Å². The van der Waals surface area contributed by atoms with E-state index in [2.05, 4.69) is 4.98 Å². The summed E-state index contributed by atoms with van der Waals surface area (Å²) in [6.45, 7) is 1.38. The molecule has 1 heterocycles. The highest BCUT2D eigenvalue weighted by molar-refractivity contribution is 5.66. The molecule has 0 bridgehead atoms. The molecule has 16 heavy (non-hydrogen) atoms. The third kappa shape index (κ3) is 2.93. The summed E-state index contributed by atoms with van der Waals surface area (Å²) in [6, 6.07) is 0. The zero-order chi connectivity index (χ0) is 12.1. The number of hydrogen-bond acceptors (Lipinski definition) is 4. The van der Waals surface area contributed by atoms with Gasteiger partial charge in [-0.3, -0.25) is 9.78 Å². The minimum atomic E-state index is -0.852. The van der Waals surface area contributed by atoms with Crippen molar-refractivity contribution in [2.24, 2.45) is 0 Å². The highest BCUT2D eigenvalue weighted by Crippen LogP contribution is 2.24. The first-order valence-electron chi connectivity index (χ1n) is 5.05. The van der Waals surface area contributed by atoms with Crippen LogP contribution in [0.4, 0.5) is 0 Å². The van der Waals surface area contributed by atoms with Crippen LogP contribution in [-0.4, -0.2) is 26.3 Å². The number of aryl methyl sites for hydroxylation is 2. The van der Waals surface area contributed by atoms with Gasteiger partial charge in [0.05, 0.1) is 12.3 Å². The first kappa shape index (κ1) is 12.4. The summed E-state index contributed by atoms with van der Waals surface area (Å²) < 4.78 is 0. The molecule has 0 atom stereocenters. The van der Waals surface area contributed by atoms with Gasteiger partial charge in [-0.25, -0.2) is 0 Å². The van der Waals surface area contributed by atoms with Crippen molar-refractivity contribution < 1.29 is 20.1 Å².